The van der Waals surface area contributed by atoms with E-state index >= 15 is 0 Å². The lowest BCUT2D eigenvalue weighted by atomic mass is 9.92. The van der Waals surface area contributed by atoms with Gasteiger partial charge in [0.25, 0.3) is 5.56 Å². The van der Waals surface area contributed by atoms with Crippen LogP contribution in [0, 0.1) is 37.0 Å². The van der Waals surface area contributed by atoms with Gasteiger partial charge in [-0.05, 0) is 49.7 Å². The minimum absolute atomic E-state index is 0.113. The Kier molecular flexibility index (Phi) is 7.06. The van der Waals surface area contributed by atoms with E-state index in [9.17, 15) is 14.9 Å². The number of rotatable bonds is 6. The lowest BCUT2D eigenvalue weighted by Gasteiger charge is -2.34. The van der Waals surface area contributed by atoms with E-state index in [-0.39, 0.29) is 23.5 Å². The lowest BCUT2D eigenvalue weighted by Crippen LogP contribution is -2.38. The molecule has 1 aliphatic heterocycles. The number of nitrogens with one attached hydrogen (secondary N) is 2. The summed E-state index contributed by atoms with van der Waals surface area (Å²) < 4.78 is 0. The summed E-state index contributed by atoms with van der Waals surface area (Å²) in [5, 5.41) is 14.7. The van der Waals surface area contributed by atoms with E-state index in [1.54, 1.807) is 13.8 Å². The normalized spacial score (nSPS) is 19.4. The van der Waals surface area contributed by atoms with E-state index in [4.69, 9.17) is 0 Å². The van der Waals surface area contributed by atoms with Gasteiger partial charge >= 0.3 is 0 Å². The number of aryl methyl sites for hydroxylation is 1. The number of nitriles is 1. The van der Waals surface area contributed by atoms with Crippen LogP contribution in [0.4, 0.5) is 5.13 Å². The molecule has 1 aliphatic rings. The first-order valence-corrected chi connectivity index (χ1v) is 11.2. The summed E-state index contributed by atoms with van der Waals surface area (Å²) >= 11 is 1.44. The van der Waals surface area contributed by atoms with Crippen LogP contribution in [-0.2, 0) is 17.8 Å². The molecule has 30 heavy (non-hydrogen) atoms. The molecule has 7 nitrogen and oxygen atoms in total. The standard InChI is InChI=1S/C22H29N5O2S/c1-13-7-14(2)10-27(9-13)11-17-12-30-22(25-17)26-20(28)6-5-18-15(3)19(8-23)21(29)24-16(18)4/h12-14H,5-7,9-11H2,1-4H3,(H,24,29)(H,25,26,28). The fourth-order valence-corrected chi connectivity index (χ4v) is 5.15. The summed E-state index contributed by atoms with van der Waals surface area (Å²) in [7, 11) is 0. The number of piperidine rings is 1. The molecular weight excluding hydrogens is 398 g/mol. The summed E-state index contributed by atoms with van der Waals surface area (Å²) in [5.41, 5.74) is 2.91. The minimum atomic E-state index is -0.381. The number of anilines is 1. The second-order valence-electron chi connectivity index (χ2n) is 8.50. The molecule has 8 heteroatoms. The number of aromatic nitrogens is 2. The molecule has 0 aliphatic carbocycles. The first-order chi connectivity index (χ1) is 14.3. The van der Waals surface area contributed by atoms with Crippen LogP contribution < -0.4 is 10.9 Å². The summed E-state index contributed by atoms with van der Waals surface area (Å²) in [4.78, 5) is 34.0. The molecule has 1 saturated heterocycles. The van der Waals surface area contributed by atoms with Crippen LogP contribution in [0.5, 0.6) is 0 Å². The second kappa shape index (κ2) is 9.54. The van der Waals surface area contributed by atoms with Gasteiger partial charge in [-0.2, -0.15) is 5.26 Å². The fourth-order valence-electron chi connectivity index (χ4n) is 4.43. The van der Waals surface area contributed by atoms with Gasteiger partial charge in [0.05, 0.1) is 5.69 Å². The van der Waals surface area contributed by atoms with Gasteiger partial charge in [0, 0.05) is 37.1 Å². The molecule has 0 radical (unpaired) electrons. The first kappa shape index (κ1) is 22.2. The van der Waals surface area contributed by atoms with Crippen molar-refractivity contribution >= 4 is 22.4 Å². The smallest absolute Gasteiger partial charge is 0.266 e. The molecule has 2 unspecified atom stereocenters. The van der Waals surface area contributed by atoms with Gasteiger partial charge in [-0.3, -0.25) is 14.5 Å². The zero-order valence-electron chi connectivity index (χ0n) is 18.0. The zero-order chi connectivity index (χ0) is 21.8. The number of amides is 1. The van der Waals surface area contributed by atoms with E-state index in [0.29, 0.717) is 34.6 Å². The zero-order valence-corrected chi connectivity index (χ0v) is 18.9. The van der Waals surface area contributed by atoms with E-state index in [1.807, 2.05) is 11.4 Å². The van der Waals surface area contributed by atoms with E-state index < -0.39 is 0 Å². The van der Waals surface area contributed by atoms with Crippen molar-refractivity contribution in [2.75, 3.05) is 18.4 Å². The Hall–Kier alpha value is -2.50. The Balaban J connectivity index is 1.57. The number of carbonyl (C=O) groups excluding carboxylic acids is 1. The number of hydrogen-bond donors (Lipinski definition) is 2. The Morgan fingerprint density at radius 1 is 1.37 bits per heavy atom. The monoisotopic (exact) mass is 427 g/mol. The van der Waals surface area contributed by atoms with Crippen LogP contribution in [0.2, 0.25) is 0 Å². The van der Waals surface area contributed by atoms with Crippen LogP contribution in [0.25, 0.3) is 0 Å². The number of pyridine rings is 1. The number of carbonyl (C=O) groups is 1. The maximum absolute atomic E-state index is 12.4. The molecule has 160 valence electrons. The predicted octanol–water partition coefficient (Wildman–Crippen LogP) is 3.37. The third-order valence-corrected chi connectivity index (χ3v) is 6.46. The van der Waals surface area contributed by atoms with Crippen LogP contribution in [0.1, 0.15) is 54.8 Å². The SMILES string of the molecule is Cc1[nH]c(=O)c(C#N)c(C)c1CCC(=O)Nc1nc(CN2CC(C)CC(C)C2)cs1. The highest BCUT2D eigenvalue weighted by Crippen LogP contribution is 2.24. The van der Waals surface area contributed by atoms with E-state index in [2.05, 4.69) is 34.0 Å². The van der Waals surface area contributed by atoms with Crippen molar-refractivity contribution in [2.24, 2.45) is 11.8 Å². The van der Waals surface area contributed by atoms with Crippen molar-refractivity contribution in [2.45, 2.75) is 53.5 Å². The van der Waals surface area contributed by atoms with Crippen molar-refractivity contribution in [1.29, 1.82) is 5.26 Å². The maximum Gasteiger partial charge on any atom is 0.266 e. The molecule has 2 N–H and O–H groups in total. The summed E-state index contributed by atoms with van der Waals surface area (Å²) in [5.74, 6) is 1.28. The quantitative estimate of drug-likeness (QED) is 0.736. The van der Waals surface area contributed by atoms with Crippen LogP contribution in [0.15, 0.2) is 10.2 Å². The van der Waals surface area contributed by atoms with Gasteiger partial charge in [0.15, 0.2) is 5.13 Å². The number of likely N-dealkylation sites (tertiary alicyclic amines) is 1. The highest BCUT2D eigenvalue weighted by Gasteiger charge is 2.22. The molecule has 3 rings (SSSR count). The average Bonchev–Trinajstić information content (AvgIpc) is 3.07. The van der Waals surface area contributed by atoms with Crippen molar-refractivity contribution < 1.29 is 4.79 Å². The molecule has 1 amide bonds. The Labute approximate surface area is 181 Å². The van der Waals surface area contributed by atoms with Crippen molar-refractivity contribution in [3.63, 3.8) is 0 Å². The highest BCUT2D eigenvalue weighted by atomic mass is 32.1. The highest BCUT2D eigenvalue weighted by molar-refractivity contribution is 7.13. The molecule has 3 heterocycles. The second-order valence-corrected chi connectivity index (χ2v) is 9.36. The Bertz CT molecular complexity index is 1010. The number of aromatic amines is 1. The summed E-state index contributed by atoms with van der Waals surface area (Å²) in [6.07, 6.45) is 1.99. The van der Waals surface area contributed by atoms with E-state index in [1.165, 1.54) is 17.8 Å². The van der Waals surface area contributed by atoms with Gasteiger partial charge in [-0.1, -0.05) is 13.8 Å². The van der Waals surface area contributed by atoms with Crippen molar-refractivity contribution in [3.8, 4) is 6.07 Å². The Morgan fingerprint density at radius 3 is 2.73 bits per heavy atom. The van der Waals surface area contributed by atoms with E-state index in [0.717, 1.165) is 30.9 Å². The predicted molar refractivity (Wildman–Crippen MR) is 119 cm³/mol. The summed E-state index contributed by atoms with van der Waals surface area (Å²) in [6.45, 7) is 11.1. The molecular formula is C22H29N5O2S. The molecule has 2 atom stereocenters. The molecule has 0 aromatic carbocycles. The molecule has 0 saturated carbocycles. The van der Waals surface area contributed by atoms with Gasteiger partial charge in [0.2, 0.25) is 5.91 Å². The van der Waals surface area contributed by atoms with Gasteiger partial charge in [0.1, 0.15) is 11.6 Å². The largest absolute Gasteiger partial charge is 0.325 e. The van der Waals surface area contributed by atoms with Crippen molar-refractivity contribution in [1.82, 2.24) is 14.9 Å². The number of thiazole rings is 1. The molecule has 2 aromatic heterocycles. The van der Waals surface area contributed by atoms with Crippen LogP contribution in [0.3, 0.4) is 0 Å². The maximum atomic E-state index is 12.4. The number of hydrogen-bond acceptors (Lipinski definition) is 6. The molecule has 2 aromatic rings. The third kappa shape index (κ3) is 5.35. The van der Waals surface area contributed by atoms with Crippen LogP contribution >= 0.6 is 11.3 Å². The van der Waals surface area contributed by atoms with Gasteiger partial charge in [-0.15, -0.1) is 11.3 Å². The van der Waals surface area contributed by atoms with Gasteiger partial charge < -0.3 is 10.3 Å². The topological polar surface area (TPSA) is 102 Å². The van der Waals surface area contributed by atoms with Crippen molar-refractivity contribution in [3.05, 3.63) is 43.8 Å². The van der Waals surface area contributed by atoms with Gasteiger partial charge in [-0.25, -0.2) is 4.98 Å². The lowest BCUT2D eigenvalue weighted by molar-refractivity contribution is -0.116. The first-order valence-electron chi connectivity index (χ1n) is 10.4. The number of H-pyrrole nitrogens is 1. The molecule has 0 bridgehead atoms. The molecule has 0 spiro atoms. The number of nitrogens with zero attached hydrogens (tertiary/aromatic N) is 3. The minimum Gasteiger partial charge on any atom is -0.325 e. The van der Waals surface area contributed by atoms with Crippen LogP contribution in [-0.4, -0.2) is 33.9 Å². The Morgan fingerprint density at radius 2 is 2.07 bits per heavy atom. The fraction of sp³-hybridized carbons (Fsp3) is 0.545. The average molecular weight is 428 g/mol. The third-order valence-electron chi connectivity index (χ3n) is 5.65. The molecule has 1 fully saturated rings. The summed E-state index contributed by atoms with van der Waals surface area (Å²) in [6, 6.07) is 1.94.